The molecule has 0 atom stereocenters. The van der Waals surface area contributed by atoms with Gasteiger partial charge in [0.25, 0.3) is 0 Å². The predicted octanol–water partition coefficient (Wildman–Crippen LogP) is 3.44. The van der Waals surface area contributed by atoms with Crippen molar-refractivity contribution in [2.24, 2.45) is 0 Å². The molecule has 4 heterocycles. The molecule has 0 radical (unpaired) electrons. The second-order valence-electron chi connectivity index (χ2n) is 7.73. The van der Waals surface area contributed by atoms with Crippen molar-refractivity contribution in [2.45, 2.75) is 6.54 Å². The maximum atomic E-state index is 12.2. The summed E-state index contributed by atoms with van der Waals surface area (Å²) in [6.07, 6.45) is 5.06. The third kappa shape index (κ3) is 5.33. The molecule has 1 fully saturated rings. The van der Waals surface area contributed by atoms with E-state index in [4.69, 9.17) is 9.47 Å². The predicted molar refractivity (Wildman–Crippen MR) is 124 cm³/mol. The van der Waals surface area contributed by atoms with Crippen molar-refractivity contribution < 1.29 is 14.3 Å². The number of pyridine rings is 2. The van der Waals surface area contributed by atoms with Gasteiger partial charge in [-0.25, -0.2) is 9.78 Å². The SMILES string of the molecule is O=C(Nc1ccc2ncc(-c3cnn(CCN4CCOCC4)c3)cc2n1)Oc1ccccc1. The van der Waals surface area contributed by atoms with E-state index in [1.54, 1.807) is 30.3 Å². The molecule has 1 aromatic carbocycles. The zero-order valence-corrected chi connectivity index (χ0v) is 18.1. The fraction of sp³-hybridized carbons (Fsp3) is 0.250. The van der Waals surface area contributed by atoms with Gasteiger partial charge in [0.15, 0.2) is 0 Å². The average Bonchev–Trinajstić information content (AvgIpc) is 3.33. The number of carbonyl (C=O) groups excluding carboxylic acids is 1. The summed E-state index contributed by atoms with van der Waals surface area (Å²) >= 11 is 0. The van der Waals surface area contributed by atoms with E-state index in [1.165, 1.54) is 0 Å². The number of nitrogens with zero attached hydrogens (tertiary/aromatic N) is 5. The summed E-state index contributed by atoms with van der Waals surface area (Å²) in [6.45, 7) is 5.27. The molecule has 0 unspecified atom stereocenters. The number of anilines is 1. The second-order valence-corrected chi connectivity index (χ2v) is 7.73. The molecular formula is C24H24N6O3. The number of fused-ring (bicyclic) bond motifs is 1. The normalized spacial score (nSPS) is 14.3. The Morgan fingerprint density at radius 2 is 1.85 bits per heavy atom. The molecule has 9 nitrogen and oxygen atoms in total. The Morgan fingerprint density at radius 1 is 1.00 bits per heavy atom. The largest absolute Gasteiger partial charge is 0.418 e. The molecule has 1 amide bonds. The summed E-state index contributed by atoms with van der Waals surface area (Å²) in [5.41, 5.74) is 3.29. The summed E-state index contributed by atoms with van der Waals surface area (Å²) in [6, 6.07) is 14.3. The van der Waals surface area contributed by atoms with Gasteiger partial charge < -0.3 is 9.47 Å². The standard InChI is InChI=1S/C24H24N6O3/c31-24(33-20-4-2-1-3-5-20)28-23-7-6-21-22(27-23)14-18(15-25-21)19-16-26-30(17-19)9-8-29-10-12-32-13-11-29/h1-7,14-17H,8-13H2,(H,27,28,31). The lowest BCUT2D eigenvalue weighted by molar-refractivity contribution is 0.0360. The maximum Gasteiger partial charge on any atom is 0.418 e. The van der Waals surface area contributed by atoms with Crippen molar-refractivity contribution >= 4 is 22.9 Å². The van der Waals surface area contributed by atoms with Gasteiger partial charge in [-0.3, -0.25) is 19.9 Å². The summed E-state index contributed by atoms with van der Waals surface area (Å²) in [7, 11) is 0. The lowest BCUT2D eigenvalue weighted by Gasteiger charge is -2.26. The van der Waals surface area contributed by atoms with Gasteiger partial charge in [0.2, 0.25) is 0 Å². The molecule has 3 aromatic heterocycles. The fourth-order valence-corrected chi connectivity index (χ4v) is 3.66. The van der Waals surface area contributed by atoms with Crippen LogP contribution >= 0.6 is 0 Å². The van der Waals surface area contributed by atoms with Gasteiger partial charge in [-0.05, 0) is 30.3 Å². The highest BCUT2D eigenvalue weighted by atomic mass is 16.6. The van der Waals surface area contributed by atoms with Crippen molar-refractivity contribution in [1.29, 1.82) is 0 Å². The molecule has 9 heteroatoms. The minimum absolute atomic E-state index is 0.392. The van der Waals surface area contributed by atoms with Gasteiger partial charge in [-0.1, -0.05) is 18.2 Å². The van der Waals surface area contributed by atoms with Crippen molar-refractivity contribution in [3.63, 3.8) is 0 Å². The zero-order chi connectivity index (χ0) is 22.5. The quantitative estimate of drug-likeness (QED) is 0.487. The van der Waals surface area contributed by atoms with E-state index >= 15 is 0 Å². The number of morpholine rings is 1. The van der Waals surface area contributed by atoms with Gasteiger partial charge >= 0.3 is 6.09 Å². The molecule has 1 aliphatic heterocycles. The third-order valence-electron chi connectivity index (χ3n) is 5.44. The molecule has 0 aliphatic carbocycles. The van der Waals surface area contributed by atoms with Crippen molar-refractivity contribution in [2.75, 3.05) is 38.2 Å². The lowest BCUT2D eigenvalue weighted by atomic mass is 10.1. The minimum atomic E-state index is -0.598. The van der Waals surface area contributed by atoms with E-state index in [9.17, 15) is 4.79 Å². The Kier molecular flexibility index (Phi) is 6.23. The van der Waals surface area contributed by atoms with Crippen LogP contribution in [0.2, 0.25) is 0 Å². The number of aromatic nitrogens is 4. The Bertz CT molecular complexity index is 1240. The van der Waals surface area contributed by atoms with Gasteiger partial charge in [0.05, 0.1) is 37.0 Å². The van der Waals surface area contributed by atoms with Crippen molar-refractivity contribution in [3.05, 3.63) is 67.1 Å². The first kappa shape index (κ1) is 21.0. The van der Waals surface area contributed by atoms with Crippen molar-refractivity contribution in [1.82, 2.24) is 24.6 Å². The zero-order valence-electron chi connectivity index (χ0n) is 18.1. The van der Waals surface area contributed by atoms with Crippen molar-refractivity contribution in [3.8, 4) is 16.9 Å². The summed E-state index contributed by atoms with van der Waals surface area (Å²) in [5, 5.41) is 7.15. The van der Waals surface area contributed by atoms with Crippen LogP contribution in [0.4, 0.5) is 10.6 Å². The first-order valence-electron chi connectivity index (χ1n) is 10.9. The maximum absolute atomic E-state index is 12.2. The molecule has 0 bridgehead atoms. The molecule has 0 saturated carbocycles. The molecule has 1 N–H and O–H groups in total. The van der Waals surface area contributed by atoms with Crippen LogP contribution in [-0.2, 0) is 11.3 Å². The number of hydrogen-bond acceptors (Lipinski definition) is 7. The van der Waals surface area contributed by atoms with Gasteiger partial charge in [-0.15, -0.1) is 0 Å². The van der Waals surface area contributed by atoms with Crippen LogP contribution in [0.3, 0.4) is 0 Å². The Balaban J connectivity index is 1.26. The molecule has 4 aromatic rings. The third-order valence-corrected chi connectivity index (χ3v) is 5.44. The van der Waals surface area contributed by atoms with E-state index in [0.29, 0.717) is 17.1 Å². The van der Waals surface area contributed by atoms with E-state index in [2.05, 4.69) is 25.3 Å². The van der Waals surface area contributed by atoms with Crippen LogP contribution in [0.25, 0.3) is 22.2 Å². The highest BCUT2D eigenvalue weighted by Crippen LogP contribution is 2.22. The van der Waals surface area contributed by atoms with Gasteiger partial charge in [0, 0.05) is 43.2 Å². The van der Waals surface area contributed by atoms with E-state index < -0.39 is 6.09 Å². The van der Waals surface area contributed by atoms with Gasteiger partial charge in [-0.2, -0.15) is 5.10 Å². The molecule has 33 heavy (non-hydrogen) atoms. The first-order valence-corrected chi connectivity index (χ1v) is 10.9. The minimum Gasteiger partial charge on any atom is -0.410 e. The van der Waals surface area contributed by atoms with E-state index in [-0.39, 0.29) is 0 Å². The summed E-state index contributed by atoms with van der Waals surface area (Å²) < 4.78 is 12.6. The molecular weight excluding hydrogens is 420 g/mol. The molecule has 0 spiro atoms. The monoisotopic (exact) mass is 444 g/mol. The highest BCUT2D eigenvalue weighted by molar-refractivity contribution is 5.88. The van der Waals surface area contributed by atoms with E-state index in [1.807, 2.05) is 41.5 Å². The average molecular weight is 444 g/mol. The number of amides is 1. The number of ether oxygens (including phenoxy) is 2. The Hall–Kier alpha value is -3.82. The highest BCUT2D eigenvalue weighted by Gasteiger charge is 2.12. The topological polar surface area (TPSA) is 94.4 Å². The number of rotatable bonds is 6. The first-order chi connectivity index (χ1) is 16.2. The smallest absolute Gasteiger partial charge is 0.410 e. The number of carbonyl (C=O) groups is 1. The fourth-order valence-electron chi connectivity index (χ4n) is 3.66. The second kappa shape index (κ2) is 9.76. The van der Waals surface area contributed by atoms with Crippen LogP contribution in [0, 0.1) is 0 Å². The lowest BCUT2D eigenvalue weighted by Crippen LogP contribution is -2.38. The van der Waals surface area contributed by atoms with E-state index in [0.717, 1.165) is 56.0 Å². The Morgan fingerprint density at radius 3 is 2.70 bits per heavy atom. The van der Waals surface area contributed by atoms with Crippen LogP contribution in [0.15, 0.2) is 67.1 Å². The molecule has 1 saturated heterocycles. The van der Waals surface area contributed by atoms with Crippen LogP contribution < -0.4 is 10.1 Å². The van der Waals surface area contributed by atoms with Gasteiger partial charge in [0.1, 0.15) is 11.6 Å². The molecule has 168 valence electrons. The van der Waals surface area contributed by atoms with Crippen LogP contribution in [0.1, 0.15) is 0 Å². The number of para-hydroxylation sites is 1. The Labute approximate surface area is 191 Å². The summed E-state index contributed by atoms with van der Waals surface area (Å²) in [4.78, 5) is 23.6. The summed E-state index contributed by atoms with van der Waals surface area (Å²) in [5.74, 6) is 0.856. The van der Waals surface area contributed by atoms with Crippen LogP contribution in [-0.4, -0.2) is 63.6 Å². The van der Waals surface area contributed by atoms with Crippen LogP contribution in [0.5, 0.6) is 5.75 Å². The number of hydrogen-bond donors (Lipinski definition) is 1. The molecule has 1 aliphatic rings. The number of nitrogens with one attached hydrogen (secondary N) is 1. The molecule has 5 rings (SSSR count). The number of benzene rings is 1.